The average molecular weight is 347 g/mol. The molecule has 2 saturated heterocycles. The molecule has 8 nitrogen and oxygen atoms in total. The van der Waals surface area contributed by atoms with E-state index in [1.165, 1.54) is 0 Å². The second-order valence-electron chi connectivity index (χ2n) is 6.62. The molecule has 3 rings (SSSR count). The Labute approximate surface area is 147 Å². The van der Waals surface area contributed by atoms with Crippen molar-refractivity contribution in [2.75, 3.05) is 38.0 Å². The fraction of sp³-hybridized carbons (Fsp3) is 0.588. The summed E-state index contributed by atoms with van der Waals surface area (Å²) >= 11 is 0. The topological polar surface area (TPSA) is 95.6 Å². The maximum atomic E-state index is 12.4. The second kappa shape index (κ2) is 7.58. The number of aryl methyl sites for hydroxylation is 1. The lowest BCUT2D eigenvalue weighted by Gasteiger charge is -2.25. The lowest BCUT2D eigenvalue weighted by atomic mass is 9.95. The van der Waals surface area contributed by atoms with Gasteiger partial charge in [-0.25, -0.2) is 9.59 Å². The zero-order chi connectivity index (χ0) is 17.7. The van der Waals surface area contributed by atoms with E-state index in [1.807, 2.05) is 13.0 Å². The number of carbonyl (C=O) groups is 2. The van der Waals surface area contributed by atoms with Gasteiger partial charge >= 0.3 is 12.1 Å². The zero-order valence-corrected chi connectivity index (χ0v) is 14.5. The van der Waals surface area contributed by atoms with E-state index in [9.17, 15) is 9.59 Å². The van der Waals surface area contributed by atoms with Gasteiger partial charge in [0.25, 0.3) is 0 Å². The molecule has 1 spiro atoms. The fourth-order valence-corrected chi connectivity index (χ4v) is 3.30. The van der Waals surface area contributed by atoms with E-state index in [0.717, 1.165) is 24.1 Å². The molecule has 3 amide bonds. The number of nitrogens with zero attached hydrogens (tertiary/aromatic N) is 2. The number of hydrogen-bond donors (Lipinski definition) is 3. The van der Waals surface area contributed by atoms with E-state index < -0.39 is 5.60 Å². The number of carbonyl (C=O) groups excluding carboxylic acids is 2. The van der Waals surface area contributed by atoms with Crippen LogP contribution < -0.4 is 16.0 Å². The first kappa shape index (κ1) is 17.3. The summed E-state index contributed by atoms with van der Waals surface area (Å²) in [5, 5.41) is 8.95. The van der Waals surface area contributed by atoms with Crippen LogP contribution >= 0.6 is 0 Å². The van der Waals surface area contributed by atoms with Crippen LogP contribution in [-0.2, 0) is 4.74 Å². The van der Waals surface area contributed by atoms with Crippen LogP contribution in [-0.4, -0.2) is 60.3 Å². The van der Waals surface area contributed by atoms with Gasteiger partial charge in [-0.3, -0.25) is 4.98 Å². The number of likely N-dealkylation sites (tertiary alicyclic amines) is 1. The van der Waals surface area contributed by atoms with Crippen molar-refractivity contribution in [2.24, 2.45) is 0 Å². The van der Waals surface area contributed by atoms with Crippen LogP contribution in [0.15, 0.2) is 18.5 Å². The Morgan fingerprint density at radius 1 is 1.40 bits per heavy atom. The number of hydrogen-bond acceptors (Lipinski definition) is 5. The number of nitrogens with one attached hydrogen (secondary N) is 3. The average Bonchev–Trinajstić information content (AvgIpc) is 2.84. The molecule has 3 heterocycles. The molecule has 1 aromatic rings. The van der Waals surface area contributed by atoms with Crippen molar-refractivity contribution in [2.45, 2.75) is 31.8 Å². The lowest BCUT2D eigenvalue weighted by Crippen LogP contribution is -2.43. The smallest absolute Gasteiger partial charge is 0.407 e. The molecule has 0 unspecified atom stereocenters. The summed E-state index contributed by atoms with van der Waals surface area (Å²) in [6.07, 6.45) is 5.49. The third kappa shape index (κ3) is 4.32. The van der Waals surface area contributed by atoms with Crippen LogP contribution in [0.4, 0.5) is 15.3 Å². The molecule has 2 aliphatic heterocycles. The van der Waals surface area contributed by atoms with Crippen LogP contribution in [0.5, 0.6) is 0 Å². The monoisotopic (exact) mass is 347 g/mol. The maximum Gasteiger partial charge on any atom is 0.407 e. The van der Waals surface area contributed by atoms with Crippen molar-refractivity contribution in [1.29, 1.82) is 0 Å². The zero-order valence-electron chi connectivity index (χ0n) is 14.5. The first-order valence-corrected chi connectivity index (χ1v) is 8.72. The van der Waals surface area contributed by atoms with Gasteiger partial charge in [-0.05, 0) is 31.4 Å². The van der Waals surface area contributed by atoms with Crippen molar-refractivity contribution in [3.05, 3.63) is 24.0 Å². The van der Waals surface area contributed by atoms with Gasteiger partial charge in [0.1, 0.15) is 5.60 Å². The summed E-state index contributed by atoms with van der Waals surface area (Å²) < 4.78 is 5.43. The molecule has 136 valence electrons. The minimum Gasteiger partial charge on any atom is -0.441 e. The minimum absolute atomic E-state index is 0.0671. The molecule has 1 atom stereocenters. The van der Waals surface area contributed by atoms with E-state index in [0.29, 0.717) is 39.1 Å². The highest BCUT2D eigenvalue weighted by Gasteiger charge is 2.41. The van der Waals surface area contributed by atoms with Gasteiger partial charge in [-0.2, -0.15) is 0 Å². The molecular formula is C17H25N5O3. The number of ether oxygens (including phenoxy) is 1. The van der Waals surface area contributed by atoms with Crippen molar-refractivity contribution < 1.29 is 14.3 Å². The Morgan fingerprint density at radius 2 is 2.28 bits per heavy atom. The van der Waals surface area contributed by atoms with Crippen molar-refractivity contribution >= 4 is 17.8 Å². The molecule has 0 bridgehead atoms. The van der Waals surface area contributed by atoms with Crippen LogP contribution in [0.3, 0.4) is 0 Å². The second-order valence-corrected chi connectivity index (χ2v) is 6.62. The van der Waals surface area contributed by atoms with Crippen molar-refractivity contribution in [3.8, 4) is 0 Å². The van der Waals surface area contributed by atoms with Gasteiger partial charge in [-0.15, -0.1) is 0 Å². The standard InChI is InChI=1S/C17H25N5O3/c1-13-11-18-6-3-14(13)19-7-8-20-15(23)22-9-2-4-17(5-10-22)12-21-16(24)25-17/h3,6,11H,2,4-5,7-10,12H2,1H3,(H,18,19)(H,20,23)(H,21,24)/t17-/m0/s1. The van der Waals surface area contributed by atoms with E-state index in [1.54, 1.807) is 17.3 Å². The van der Waals surface area contributed by atoms with Gasteiger partial charge in [0.05, 0.1) is 6.54 Å². The van der Waals surface area contributed by atoms with E-state index in [2.05, 4.69) is 20.9 Å². The van der Waals surface area contributed by atoms with Crippen molar-refractivity contribution in [3.63, 3.8) is 0 Å². The van der Waals surface area contributed by atoms with Gasteiger partial charge in [-0.1, -0.05) is 0 Å². The Kier molecular flexibility index (Phi) is 5.25. The molecule has 0 radical (unpaired) electrons. The highest BCUT2D eigenvalue weighted by Crippen LogP contribution is 2.29. The Morgan fingerprint density at radius 3 is 3.04 bits per heavy atom. The summed E-state index contributed by atoms with van der Waals surface area (Å²) in [5.41, 5.74) is 1.66. The third-order valence-electron chi connectivity index (χ3n) is 4.79. The fourth-order valence-electron chi connectivity index (χ4n) is 3.30. The van der Waals surface area contributed by atoms with Crippen LogP contribution in [0.25, 0.3) is 0 Å². The number of amides is 3. The summed E-state index contributed by atoms with van der Waals surface area (Å²) in [4.78, 5) is 29.5. The normalized spacial score (nSPS) is 22.9. The molecule has 3 N–H and O–H groups in total. The summed E-state index contributed by atoms with van der Waals surface area (Å²) in [6, 6.07) is 1.85. The Bertz CT molecular complexity index is 638. The van der Waals surface area contributed by atoms with Gasteiger partial charge in [0.15, 0.2) is 0 Å². The van der Waals surface area contributed by atoms with Gasteiger partial charge in [0, 0.05) is 50.7 Å². The SMILES string of the molecule is Cc1cnccc1NCCNC(=O)N1CCC[C@]2(CC1)CNC(=O)O2. The van der Waals surface area contributed by atoms with Gasteiger partial charge in [0.2, 0.25) is 0 Å². The predicted molar refractivity (Wildman–Crippen MR) is 93.5 cm³/mol. The van der Waals surface area contributed by atoms with E-state index in [-0.39, 0.29) is 12.1 Å². The quantitative estimate of drug-likeness (QED) is 0.717. The Balaban J connectivity index is 1.41. The van der Waals surface area contributed by atoms with E-state index >= 15 is 0 Å². The highest BCUT2D eigenvalue weighted by molar-refractivity contribution is 5.74. The highest BCUT2D eigenvalue weighted by atomic mass is 16.6. The first-order valence-electron chi connectivity index (χ1n) is 8.72. The van der Waals surface area contributed by atoms with Crippen LogP contribution in [0.2, 0.25) is 0 Å². The summed E-state index contributed by atoms with van der Waals surface area (Å²) in [7, 11) is 0. The molecule has 0 aromatic carbocycles. The molecule has 25 heavy (non-hydrogen) atoms. The van der Waals surface area contributed by atoms with Crippen LogP contribution in [0.1, 0.15) is 24.8 Å². The number of urea groups is 1. The molecule has 2 fully saturated rings. The third-order valence-corrected chi connectivity index (χ3v) is 4.79. The van der Waals surface area contributed by atoms with E-state index in [4.69, 9.17) is 4.74 Å². The lowest BCUT2D eigenvalue weighted by molar-refractivity contribution is 0.0453. The number of anilines is 1. The molecule has 1 aromatic heterocycles. The summed E-state index contributed by atoms with van der Waals surface area (Å²) in [6.45, 7) is 5.00. The van der Waals surface area contributed by atoms with Crippen LogP contribution in [0, 0.1) is 6.92 Å². The minimum atomic E-state index is -0.438. The number of rotatable bonds is 4. The summed E-state index contributed by atoms with van der Waals surface area (Å²) in [5.74, 6) is 0. The largest absolute Gasteiger partial charge is 0.441 e. The number of pyridine rings is 1. The van der Waals surface area contributed by atoms with Crippen molar-refractivity contribution in [1.82, 2.24) is 20.5 Å². The molecular weight excluding hydrogens is 322 g/mol. The maximum absolute atomic E-state index is 12.4. The van der Waals surface area contributed by atoms with Gasteiger partial charge < -0.3 is 25.6 Å². The molecule has 0 aliphatic carbocycles. The molecule has 0 saturated carbocycles. The predicted octanol–water partition coefficient (Wildman–Crippen LogP) is 1.48. The Hall–Kier alpha value is -2.51. The number of aromatic nitrogens is 1. The first-order chi connectivity index (χ1) is 12.1. The molecule has 8 heteroatoms. The number of alkyl carbamates (subject to hydrolysis) is 1. The molecule has 2 aliphatic rings.